The number of hydrogen-bond acceptors (Lipinski definition) is 3. The van der Waals surface area contributed by atoms with Crippen molar-refractivity contribution in [2.24, 2.45) is 0 Å². The molecule has 0 aromatic heterocycles. The molecule has 166 valence electrons. The highest BCUT2D eigenvalue weighted by molar-refractivity contribution is 6.31. The Labute approximate surface area is 195 Å². The number of benzene rings is 3. The summed E-state index contributed by atoms with van der Waals surface area (Å²) in [5.74, 6) is 1.99. The van der Waals surface area contributed by atoms with Crippen LogP contribution in [0.1, 0.15) is 49.1 Å². The zero-order valence-corrected chi connectivity index (χ0v) is 18.9. The molecule has 1 fully saturated rings. The van der Waals surface area contributed by atoms with Crippen molar-refractivity contribution >= 4 is 23.2 Å². The number of amides is 1. The van der Waals surface area contributed by atoms with Crippen LogP contribution in [-0.2, 0) is 11.3 Å². The number of para-hydroxylation sites is 1. The SMILES string of the molecule is O=C(CNCc1c(Cl)cccc1Oc1ccccc1)Nc1ccc(C2CCCCC2)cc1. The highest BCUT2D eigenvalue weighted by Crippen LogP contribution is 2.33. The number of hydrogen-bond donors (Lipinski definition) is 2. The van der Waals surface area contributed by atoms with Gasteiger partial charge in [-0.3, -0.25) is 4.79 Å². The number of rotatable bonds is 8. The van der Waals surface area contributed by atoms with E-state index < -0.39 is 0 Å². The quantitative estimate of drug-likeness (QED) is 0.393. The lowest BCUT2D eigenvalue weighted by Gasteiger charge is -2.22. The first-order valence-electron chi connectivity index (χ1n) is 11.3. The number of carbonyl (C=O) groups excluding carboxylic acids is 1. The number of anilines is 1. The van der Waals surface area contributed by atoms with Crippen molar-refractivity contribution in [2.75, 3.05) is 11.9 Å². The highest BCUT2D eigenvalue weighted by atomic mass is 35.5. The van der Waals surface area contributed by atoms with Gasteiger partial charge in [0.25, 0.3) is 0 Å². The molecule has 3 aromatic rings. The largest absolute Gasteiger partial charge is 0.457 e. The Bertz CT molecular complexity index is 1020. The maximum absolute atomic E-state index is 12.4. The number of ether oxygens (including phenoxy) is 1. The van der Waals surface area contributed by atoms with Crippen LogP contribution in [-0.4, -0.2) is 12.5 Å². The zero-order chi connectivity index (χ0) is 22.2. The minimum Gasteiger partial charge on any atom is -0.457 e. The Hall–Kier alpha value is -2.82. The second-order valence-electron chi connectivity index (χ2n) is 8.24. The predicted octanol–water partition coefficient (Wildman–Crippen LogP) is 6.91. The van der Waals surface area contributed by atoms with E-state index in [-0.39, 0.29) is 12.5 Å². The minimum atomic E-state index is -0.0898. The monoisotopic (exact) mass is 448 g/mol. The summed E-state index contributed by atoms with van der Waals surface area (Å²) in [6, 6.07) is 23.4. The first kappa shape index (κ1) is 22.4. The van der Waals surface area contributed by atoms with Crippen molar-refractivity contribution in [3.8, 4) is 11.5 Å². The van der Waals surface area contributed by atoms with E-state index in [1.165, 1.54) is 37.7 Å². The number of halogens is 1. The second kappa shape index (κ2) is 11.2. The molecule has 0 bridgehead atoms. The first-order chi connectivity index (χ1) is 15.7. The molecule has 3 aromatic carbocycles. The molecular formula is C27H29ClN2O2. The molecule has 1 saturated carbocycles. The summed E-state index contributed by atoms with van der Waals surface area (Å²) in [5.41, 5.74) is 3.02. The summed E-state index contributed by atoms with van der Waals surface area (Å²) < 4.78 is 5.98. The third-order valence-electron chi connectivity index (χ3n) is 5.91. The lowest BCUT2D eigenvalue weighted by molar-refractivity contribution is -0.115. The van der Waals surface area contributed by atoms with Gasteiger partial charge < -0.3 is 15.4 Å². The molecule has 0 saturated heterocycles. The summed E-state index contributed by atoms with van der Waals surface area (Å²) in [6.07, 6.45) is 6.53. The Morgan fingerprint density at radius 2 is 1.66 bits per heavy atom. The van der Waals surface area contributed by atoms with Crippen molar-refractivity contribution in [3.63, 3.8) is 0 Å². The summed E-state index contributed by atoms with van der Waals surface area (Å²) in [5, 5.41) is 6.74. The van der Waals surface area contributed by atoms with Gasteiger partial charge in [-0.25, -0.2) is 0 Å². The van der Waals surface area contributed by atoms with Gasteiger partial charge in [-0.1, -0.05) is 67.3 Å². The maximum Gasteiger partial charge on any atom is 0.238 e. The van der Waals surface area contributed by atoms with Crippen molar-refractivity contribution < 1.29 is 9.53 Å². The summed E-state index contributed by atoms with van der Waals surface area (Å²) in [6.45, 7) is 0.607. The Morgan fingerprint density at radius 1 is 0.906 bits per heavy atom. The van der Waals surface area contributed by atoms with Crippen LogP contribution in [0, 0.1) is 0 Å². The normalized spacial score (nSPS) is 14.2. The fourth-order valence-corrected chi connectivity index (χ4v) is 4.43. The van der Waals surface area contributed by atoms with E-state index >= 15 is 0 Å². The molecule has 1 amide bonds. The van der Waals surface area contributed by atoms with Crippen molar-refractivity contribution in [1.29, 1.82) is 0 Å². The molecule has 2 N–H and O–H groups in total. The topological polar surface area (TPSA) is 50.4 Å². The smallest absolute Gasteiger partial charge is 0.238 e. The molecule has 0 spiro atoms. The van der Waals surface area contributed by atoms with Gasteiger partial charge in [0.05, 0.1) is 6.54 Å². The van der Waals surface area contributed by atoms with Gasteiger partial charge in [-0.15, -0.1) is 0 Å². The molecule has 5 heteroatoms. The molecule has 1 aliphatic carbocycles. The van der Waals surface area contributed by atoms with Crippen LogP contribution in [0.4, 0.5) is 5.69 Å². The van der Waals surface area contributed by atoms with Crippen molar-refractivity contribution in [1.82, 2.24) is 5.32 Å². The zero-order valence-electron chi connectivity index (χ0n) is 18.1. The lowest BCUT2D eigenvalue weighted by atomic mass is 9.84. The molecule has 4 rings (SSSR count). The van der Waals surface area contributed by atoms with Gasteiger partial charge in [0, 0.05) is 22.8 Å². The summed E-state index contributed by atoms with van der Waals surface area (Å²) >= 11 is 6.40. The van der Waals surface area contributed by atoms with Gasteiger partial charge in [-0.05, 0) is 60.7 Å². The second-order valence-corrected chi connectivity index (χ2v) is 8.65. The van der Waals surface area contributed by atoms with E-state index in [9.17, 15) is 4.79 Å². The average molecular weight is 449 g/mol. The van der Waals surface area contributed by atoms with Crippen LogP contribution in [0.15, 0.2) is 72.8 Å². The van der Waals surface area contributed by atoms with Gasteiger partial charge in [-0.2, -0.15) is 0 Å². The van der Waals surface area contributed by atoms with Gasteiger partial charge in [0.2, 0.25) is 5.91 Å². The molecule has 0 radical (unpaired) electrons. The van der Waals surface area contributed by atoms with Gasteiger partial charge in [0.15, 0.2) is 0 Å². The summed E-state index contributed by atoms with van der Waals surface area (Å²) in [7, 11) is 0. The molecule has 32 heavy (non-hydrogen) atoms. The molecule has 0 atom stereocenters. The fourth-order valence-electron chi connectivity index (χ4n) is 4.20. The molecule has 0 aliphatic heterocycles. The van der Waals surface area contributed by atoms with Crippen molar-refractivity contribution in [2.45, 2.75) is 44.6 Å². The van der Waals surface area contributed by atoms with Gasteiger partial charge >= 0.3 is 0 Å². The Morgan fingerprint density at radius 3 is 2.41 bits per heavy atom. The molecule has 0 heterocycles. The maximum atomic E-state index is 12.4. The molecular weight excluding hydrogens is 420 g/mol. The highest BCUT2D eigenvalue weighted by Gasteiger charge is 2.15. The molecule has 1 aliphatic rings. The van der Waals surface area contributed by atoms with E-state index in [0.717, 1.165) is 17.0 Å². The average Bonchev–Trinajstić information content (AvgIpc) is 2.82. The van der Waals surface area contributed by atoms with Crippen LogP contribution < -0.4 is 15.4 Å². The predicted molar refractivity (Wildman–Crippen MR) is 131 cm³/mol. The summed E-state index contributed by atoms with van der Waals surface area (Å²) in [4.78, 5) is 12.4. The Balaban J connectivity index is 1.29. The van der Waals surface area contributed by atoms with Gasteiger partial charge in [0.1, 0.15) is 11.5 Å². The van der Waals surface area contributed by atoms with Crippen LogP contribution in [0.25, 0.3) is 0 Å². The Kier molecular flexibility index (Phi) is 7.81. The van der Waals surface area contributed by atoms with E-state index in [4.69, 9.17) is 16.3 Å². The third-order valence-corrected chi connectivity index (χ3v) is 6.26. The van der Waals surface area contributed by atoms with E-state index in [1.807, 2.05) is 60.7 Å². The molecule has 0 unspecified atom stereocenters. The lowest BCUT2D eigenvalue weighted by Crippen LogP contribution is -2.28. The van der Waals surface area contributed by atoms with E-state index in [0.29, 0.717) is 23.2 Å². The van der Waals surface area contributed by atoms with Crippen LogP contribution in [0.5, 0.6) is 11.5 Å². The van der Waals surface area contributed by atoms with Crippen LogP contribution in [0.3, 0.4) is 0 Å². The van der Waals surface area contributed by atoms with E-state index in [2.05, 4.69) is 22.8 Å². The van der Waals surface area contributed by atoms with Crippen LogP contribution >= 0.6 is 11.6 Å². The van der Waals surface area contributed by atoms with Crippen LogP contribution in [0.2, 0.25) is 5.02 Å². The number of nitrogens with one attached hydrogen (secondary N) is 2. The first-order valence-corrected chi connectivity index (χ1v) is 11.7. The van der Waals surface area contributed by atoms with Crippen molar-refractivity contribution in [3.05, 3.63) is 88.9 Å². The van der Waals surface area contributed by atoms with E-state index in [1.54, 1.807) is 0 Å². The fraction of sp³-hybridized carbons (Fsp3) is 0.296. The third kappa shape index (κ3) is 6.12. The standard InChI is InChI=1S/C27H29ClN2O2/c28-25-12-7-13-26(32-23-10-5-2-6-11-23)24(25)18-29-19-27(31)30-22-16-14-21(15-17-22)20-8-3-1-4-9-20/h2,5-7,10-17,20,29H,1,3-4,8-9,18-19H2,(H,30,31). The molecule has 4 nitrogen and oxygen atoms in total. The number of carbonyl (C=O) groups is 1. The minimum absolute atomic E-state index is 0.0898.